The van der Waals surface area contributed by atoms with Gasteiger partial charge in [-0.2, -0.15) is 0 Å². The van der Waals surface area contributed by atoms with Gasteiger partial charge < -0.3 is 10.0 Å². The molecule has 1 amide bonds. The fraction of sp³-hybridized carbons (Fsp3) is 0.556. The van der Waals surface area contributed by atoms with Gasteiger partial charge >= 0.3 is 5.97 Å². The van der Waals surface area contributed by atoms with E-state index in [2.05, 4.69) is 6.07 Å². The van der Waals surface area contributed by atoms with Crippen molar-refractivity contribution in [3.05, 3.63) is 35.4 Å². The van der Waals surface area contributed by atoms with Crippen molar-refractivity contribution in [1.82, 2.24) is 4.90 Å². The molecule has 3 unspecified atom stereocenters. The van der Waals surface area contributed by atoms with Gasteiger partial charge in [0.1, 0.15) is 6.04 Å². The first-order chi connectivity index (χ1) is 10.6. The summed E-state index contributed by atoms with van der Waals surface area (Å²) in [7, 11) is 0. The fourth-order valence-corrected chi connectivity index (χ4v) is 4.14. The van der Waals surface area contributed by atoms with Gasteiger partial charge in [-0.3, -0.25) is 4.79 Å². The van der Waals surface area contributed by atoms with Gasteiger partial charge in [0.15, 0.2) is 0 Å². The van der Waals surface area contributed by atoms with E-state index in [4.69, 9.17) is 0 Å². The maximum absolute atomic E-state index is 12.5. The van der Waals surface area contributed by atoms with Crippen LogP contribution in [-0.2, 0) is 16.0 Å². The average molecular weight is 301 g/mol. The first-order valence-corrected chi connectivity index (χ1v) is 8.14. The van der Waals surface area contributed by atoms with Gasteiger partial charge in [0, 0.05) is 13.0 Å². The summed E-state index contributed by atoms with van der Waals surface area (Å²) in [6.45, 7) is 2.67. The number of hydrogen-bond acceptors (Lipinski definition) is 2. The zero-order chi connectivity index (χ0) is 15.7. The van der Waals surface area contributed by atoms with E-state index in [-0.39, 0.29) is 11.8 Å². The molecular formula is C18H23NO3. The molecule has 22 heavy (non-hydrogen) atoms. The van der Waals surface area contributed by atoms with Crippen LogP contribution in [0, 0.1) is 18.8 Å². The molecule has 1 saturated carbocycles. The largest absolute Gasteiger partial charge is 0.480 e. The molecule has 3 atom stereocenters. The predicted molar refractivity (Wildman–Crippen MR) is 83.5 cm³/mol. The van der Waals surface area contributed by atoms with Crippen LogP contribution >= 0.6 is 0 Å². The predicted octanol–water partition coefficient (Wildman–Crippen LogP) is 2.64. The van der Waals surface area contributed by atoms with Crippen LogP contribution in [0.2, 0.25) is 0 Å². The van der Waals surface area contributed by atoms with Crippen molar-refractivity contribution in [2.45, 2.75) is 45.1 Å². The highest BCUT2D eigenvalue weighted by Crippen LogP contribution is 2.42. The Labute approximate surface area is 131 Å². The number of likely N-dealkylation sites (tertiary alicyclic amines) is 1. The smallest absolute Gasteiger partial charge is 0.326 e. The monoisotopic (exact) mass is 301 g/mol. The first-order valence-electron chi connectivity index (χ1n) is 8.14. The van der Waals surface area contributed by atoms with Crippen LogP contribution in [0.5, 0.6) is 0 Å². The molecule has 1 N–H and O–H groups in total. The summed E-state index contributed by atoms with van der Waals surface area (Å²) in [6, 6.07) is 7.54. The Morgan fingerprint density at radius 1 is 1.32 bits per heavy atom. The maximum Gasteiger partial charge on any atom is 0.326 e. The molecule has 2 fully saturated rings. The number of aliphatic carboxylic acids is 1. The van der Waals surface area contributed by atoms with Crippen LogP contribution in [-0.4, -0.2) is 34.5 Å². The SMILES string of the molecule is Cc1cccc(CCC(=O)N2CC3CCCC3C2C(=O)O)c1. The summed E-state index contributed by atoms with van der Waals surface area (Å²) >= 11 is 0. The van der Waals surface area contributed by atoms with Crippen molar-refractivity contribution >= 4 is 11.9 Å². The summed E-state index contributed by atoms with van der Waals surface area (Å²) in [6.07, 6.45) is 4.19. The third-order valence-electron chi connectivity index (χ3n) is 5.17. The second-order valence-electron chi connectivity index (χ2n) is 6.67. The number of amides is 1. The van der Waals surface area contributed by atoms with Crippen LogP contribution < -0.4 is 0 Å². The third-order valence-corrected chi connectivity index (χ3v) is 5.17. The standard InChI is InChI=1S/C18H23NO3/c1-12-4-2-5-13(10-12)8-9-16(20)19-11-14-6-3-7-15(14)17(19)18(21)22/h2,4-5,10,14-15,17H,3,6-9,11H2,1H3,(H,21,22). The Kier molecular flexibility index (Phi) is 4.19. The normalized spacial score (nSPS) is 27.0. The molecule has 1 heterocycles. The van der Waals surface area contributed by atoms with Crippen molar-refractivity contribution in [3.63, 3.8) is 0 Å². The molecular weight excluding hydrogens is 278 g/mol. The third kappa shape index (κ3) is 2.87. The lowest BCUT2D eigenvalue weighted by atomic mass is 9.94. The molecule has 1 aliphatic carbocycles. The molecule has 1 aromatic rings. The van der Waals surface area contributed by atoms with E-state index in [1.165, 1.54) is 5.56 Å². The molecule has 4 nitrogen and oxygen atoms in total. The van der Waals surface area contributed by atoms with Gasteiger partial charge in [0.2, 0.25) is 5.91 Å². The van der Waals surface area contributed by atoms with Crippen molar-refractivity contribution < 1.29 is 14.7 Å². The number of carbonyl (C=O) groups excluding carboxylic acids is 1. The summed E-state index contributed by atoms with van der Waals surface area (Å²) in [5, 5.41) is 9.51. The Bertz CT molecular complexity index is 583. The van der Waals surface area contributed by atoms with Gasteiger partial charge in [0.05, 0.1) is 0 Å². The number of aryl methyl sites for hydroxylation is 2. The van der Waals surface area contributed by atoms with Gasteiger partial charge in [0.25, 0.3) is 0 Å². The number of carbonyl (C=O) groups is 2. The Hall–Kier alpha value is -1.84. The molecule has 0 bridgehead atoms. The molecule has 0 aromatic heterocycles. The van der Waals surface area contributed by atoms with Crippen LogP contribution in [0.4, 0.5) is 0 Å². The molecule has 4 heteroatoms. The molecule has 0 radical (unpaired) electrons. The number of rotatable bonds is 4. The summed E-state index contributed by atoms with van der Waals surface area (Å²) < 4.78 is 0. The van der Waals surface area contributed by atoms with Crippen molar-refractivity contribution in [2.24, 2.45) is 11.8 Å². The molecule has 1 saturated heterocycles. The molecule has 0 spiro atoms. The van der Waals surface area contributed by atoms with Crippen LogP contribution in [0.1, 0.15) is 36.8 Å². The second kappa shape index (κ2) is 6.11. The van der Waals surface area contributed by atoms with E-state index in [9.17, 15) is 14.7 Å². The van der Waals surface area contributed by atoms with Gasteiger partial charge in [-0.25, -0.2) is 4.79 Å². The Morgan fingerprint density at radius 2 is 2.14 bits per heavy atom. The molecule has 1 aromatic carbocycles. The Morgan fingerprint density at radius 3 is 2.86 bits per heavy atom. The van der Waals surface area contributed by atoms with E-state index in [0.29, 0.717) is 25.3 Å². The number of hydrogen-bond donors (Lipinski definition) is 1. The van der Waals surface area contributed by atoms with E-state index in [1.54, 1.807) is 4.90 Å². The zero-order valence-electron chi connectivity index (χ0n) is 13.0. The zero-order valence-corrected chi connectivity index (χ0v) is 13.0. The highest BCUT2D eigenvalue weighted by molar-refractivity contribution is 5.85. The first kappa shape index (κ1) is 15.1. The minimum Gasteiger partial charge on any atom is -0.480 e. The number of carboxylic acid groups (broad SMARTS) is 1. The molecule has 2 aliphatic rings. The van der Waals surface area contributed by atoms with Crippen LogP contribution in [0.3, 0.4) is 0 Å². The molecule has 3 rings (SSSR count). The number of benzene rings is 1. The van der Waals surface area contributed by atoms with Gasteiger partial charge in [-0.05, 0) is 43.6 Å². The molecule has 118 valence electrons. The van der Waals surface area contributed by atoms with Crippen LogP contribution in [0.15, 0.2) is 24.3 Å². The van der Waals surface area contributed by atoms with E-state index < -0.39 is 12.0 Å². The van der Waals surface area contributed by atoms with Crippen molar-refractivity contribution in [3.8, 4) is 0 Å². The quantitative estimate of drug-likeness (QED) is 0.930. The fourth-order valence-electron chi connectivity index (χ4n) is 4.14. The topological polar surface area (TPSA) is 57.6 Å². The van der Waals surface area contributed by atoms with Crippen molar-refractivity contribution in [2.75, 3.05) is 6.54 Å². The average Bonchev–Trinajstić information content (AvgIpc) is 3.04. The van der Waals surface area contributed by atoms with Gasteiger partial charge in [-0.1, -0.05) is 36.2 Å². The number of nitrogens with zero attached hydrogens (tertiary/aromatic N) is 1. The van der Waals surface area contributed by atoms with Crippen molar-refractivity contribution in [1.29, 1.82) is 0 Å². The Balaban J connectivity index is 1.65. The lowest BCUT2D eigenvalue weighted by molar-refractivity contribution is -0.149. The number of fused-ring (bicyclic) bond motifs is 1. The minimum absolute atomic E-state index is 0.0108. The van der Waals surface area contributed by atoms with Gasteiger partial charge in [-0.15, -0.1) is 0 Å². The highest BCUT2D eigenvalue weighted by Gasteiger charge is 2.49. The second-order valence-corrected chi connectivity index (χ2v) is 6.67. The molecule has 1 aliphatic heterocycles. The van der Waals surface area contributed by atoms with E-state index in [0.717, 1.165) is 24.8 Å². The summed E-state index contributed by atoms with van der Waals surface area (Å²) in [5.74, 6) is -0.286. The van der Waals surface area contributed by atoms with Crippen LogP contribution in [0.25, 0.3) is 0 Å². The summed E-state index contributed by atoms with van der Waals surface area (Å²) in [5.41, 5.74) is 2.32. The minimum atomic E-state index is -0.835. The lowest BCUT2D eigenvalue weighted by Crippen LogP contribution is -2.43. The maximum atomic E-state index is 12.5. The van der Waals surface area contributed by atoms with E-state index >= 15 is 0 Å². The summed E-state index contributed by atoms with van der Waals surface area (Å²) in [4.78, 5) is 25.7. The number of carboxylic acids is 1. The lowest BCUT2D eigenvalue weighted by Gasteiger charge is -2.24. The van der Waals surface area contributed by atoms with E-state index in [1.807, 2.05) is 25.1 Å². The highest BCUT2D eigenvalue weighted by atomic mass is 16.4.